The van der Waals surface area contributed by atoms with E-state index in [2.05, 4.69) is 20.7 Å². The predicted octanol–water partition coefficient (Wildman–Crippen LogP) is 3.49. The van der Waals surface area contributed by atoms with Gasteiger partial charge in [0.25, 0.3) is 0 Å². The highest BCUT2D eigenvalue weighted by atomic mass is 16.5. The third-order valence-corrected chi connectivity index (χ3v) is 4.74. The number of para-hydroxylation sites is 1. The number of guanidine groups is 1. The van der Waals surface area contributed by atoms with Crippen molar-refractivity contribution in [1.82, 2.24) is 20.4 Å². The van der Waals surface area contributed by atoms with Crippen molar-refractivity contribution < 1.29 is 9.84 Å². The van der Waals surface area contributed by atoms with E-state index in [9.17, 15) is 5.11 Å². The van der Waals surface area contributed by atoms with Gasteiger partial charge in [-0.1, -0.05) is 30.3 Å². The quantitative estimate of drug-likeness (QED) is 0.335. The molecule has 1 atom stereocenters. The Morgan fingerprint density at radius 3 is 2.69 bits per heavy atom. The van der Waals surface area contributed by atoms with Gasteiger partial charge < -0.3 is 20.5 Å². The van der Waals surface area contributed by atoms with Crippen LogP contribution in [0.5, 0.6) is 5.75 Å². The van der Waals surface area contributed by atoms with Gasteiger partial charge in [0, 0.05) is 19.3 Å². The summed E-state index contributed by atoms with van der Waals surface area (Å²) in [5.41, 5.74) is 2.97. The van der Waals surface area contributed by atoms with Gasteiger partial charge in [0.05, 0.1) is 30.6 Å². The van der Waals surface area contributed by atoms with Gasteiger partial charge in [-0.3, -0.25) is 4.99 Å². The van der Waals surface area contributed by atoms with Gasteiger partial charge in [-0.05, 0) is 62.6 Å². The van der Waals surface area contributed by atoms with Crippen LogP contribution in [-0.4, -0.2) is 46.6 Å². The smallest absolute Gasteiger partial charge is 0.191 e. The molecule has 0 radical (unpaired) electrons. The van der Waals surface area contributed by atoms with Gasteiger partial charge in [0.1, 0.15) is 5.75 Å². The molecule has 1 heterocycles. The van der Waals surface area contributed by atoms with Crippen LogP contribution in [0.4, 0.5) is 0 Å². The number of ether oxygens (including phenoxy) is 1. The fourth-order valence-electron chi connectivity index (χ4n) is 3.23. The molecule has 170 valence electrons. The standard InChI is InChI=1S/C25H33N5O2/c1-4-26-25(28-17-24(31)21-9-8-12-23(15-21)32-19(2)3)27-14-13-20-16-29-30(18-20)22-10-6-5-7-11-22/h5-12,15-16,18-19,24,31H,4,13-14,17H2,1-3H3,(H2,26,27,28). The van der Waals surface area contributed by atoms with Gasteiger partial charge in [0.15, 0.2) is 5.96 Å². The summed E-state index contributed by atoms with van der Waals surface area (Å²) < 4.78 is 7.59. The third kappa shape index (κ3) is 7.13. The molecule has 0 aliphatic rings. The van der Waals surface area contributed by atoms with Crippen molar-refractivity contribution in [3.63, 3.8) is 0 Å². The number of benzene rings is 2. The van der Waals surface area contributed by atoms with Crippen LogP contribution in [0.15, 0.2) is 72.0 Å². The molecule has 0 saturated carbocycles. The lowest BCUT2D eigenvalue weighted by molar-refractivity contribution is 0.185. The van der Waals surface area contributed by atoms with E-state index in [-0.39, 0.29) is 12.6 Å². The summed E-state index contributed by atoms with van der Waals surface area (Å²) in [5, 5.41) is 21.6. The molecule has 7 heteroatoms. The van der Waals surface area contributed by atoms with Crippen molar-refractivity contribution in [2.75, 3.05) is 19.6 Å². The first-order valence-electron chi connectivity index (χ1n) is 11.1. The normalized spacial score (nSPS) is 12.6. The molecule has 0 saturated heterocycles. The first-order valence-corrected chi connectivity index (χ1v) is 11.1. The Labute approximate surface area is 190 Å². The number of nitrogens with zero attached hydrogens (tertiary/aromatic N) is 3. The lowest BCUT2D eigenvalue weighted by atomic mass is 10.1. The van der Waals surface area contributed by atoms with Crippen LogP contribution in [0.1, 0.15) is 38.0 Å². The number of aromatic nitrogens is 2. The molecule has 1 unspecified atom stereocenters. The molecule has 32 heavy (non-hydrogen) atoms. The molecule has 0 aliphatic heterocycles. The van der Waals surface area contributed by atoms with E-state index in [0.717, 1.165) is 35.5 Å². The fourth-order valence-corrected chi connectivity index (χ4v) is 3.23. The van der Waals surface area contributed by atoms with Gasteiger partial charge in [0.2, 0.25) is 0 Å². The molecule has 3 rings (SSSR count). The second kappa shape index (κ2) is 11.9. The molecule has 3 N–H and O–H groups in total. The summed E-state index contributed by atoms with van der Waals surface area (Å²) in [6.07, 6.45) is 4.12. The number of rotatable bonds is 10. The lowest BCUT2D eigenvalue weighted by Gasteiger charge is -2.15. The predicted molar refractivity (Wildman–Crippen MR) is 128 cm³/mol. The van der Waals surface area contributed by atoms with Crippen LogP contribution in [0.3, 0.4) is 0 Å². The Bertz CT molecular complexity index is 985. The maximum absolute atomic E-state index is 10.6. The summed E-state index contributed by atoms with van der Waals surface area (Å²) in [6, 6.07) is 17.6. The minimum absolute atomic E-state index is 0.0877. The Kier molecular flexibility index (Phi) is 8.69. The average molecular weight is 436 g/mol. The molecule has 0 aliphatic carbocycles. The van der Waals surface area contributed by atoms with Gasteiger partial charge >= 0.3 is 0 Å². The lowest BCUT2D eigenvalue weighted by Crippen LogP contribution is -2.38. The average Bonchev–Trinajstić information content (AvgIpc) is 3.26. The largest absolute Gasteiger partial charge is 0.491 e. The van der Waals surface area contributed by atoms with Crippen LogP contribution < -0.4 is 15.4 Å². The molecule has 0 spiro atoms. The van der Waals surface area contributed by atoms with E-state index < -0.39 is 6.10 Å². The first-order chi connectivity index (χ1) is 15.5. The highest BCUT2D eigenvalue weighted by Crippen LogP contribution is 2.20. The Morgan fingerprint density at radius 2 is 1.94 bits per heavy atom. The van der Waals surface area contributed by atoms with Crippen LogP contribution >= 0.6 is 0 Å². The Balaban J connectivity index is 1.53. The topological polar surface area (TPSA) is 83.7 Å². The van der Waals surface area contributed by atoms with Crippen molar-refractivity contribution >= 4 is 5.96 Å². The molecule has 2 aromatic carbocycles. The summed E-state index contributed by atoms with van der Waals surface area (Å²) in [5.74, 6) is 1.43. The van der Waals surface area contributed by atoms with E-state index in [1.807, 2.05) is 92.4 Å². The molecule has 3 aromatic rings. The Hall–Kier alpha value is -3.32. The maximum atomic E-state index is 10.6. The number of aliphatic hydroxyl groups is 1. The maximum Gasteiger partial charge on any atom is 0.191 e. The number of nitrogens with one attached hydrogen (secondary N) is 2. The number of hydrogen-bond donors (Lipinski definition) is 3. The molecular weight excluding hydrogens is 402 g/mol. The summed E-state index contributed by atoms with van der Waals surface area (Å²) in [6.45, 7) is 7.69. The summed E-state index contributed by atoms with van der Waals surface area (Å²) in [4.78, 5) is 4.55. The van der Waals surface area contributed by atoms with Crippen LogP contribution in [-0.2, 0) is 6.42 Å². The van der Waals surface area contributed by atoms with Crippen molar-refractivity contribution in [2.45, 2.75) is 39.4 Å². The van der Waals surface area contributed by atoms with E-state index in [1.165, 1.54) is 0 Å². The van der Waals surface area contributed by atoms with Crippen molar-refractivity contribution in [2.24, 2.45) is 4.99 Å². The fraction of sp³-hybridized carbons (Fsp3) is 0.360. The Morgan fingerprint density at radius 1 is 1.12 bits per heavy atom. The number of aliphatic hydroxyl groups excluding tert-OH is 1. The zero-order valence-electron chi connectivity index (χ0n) is 19.0. The van der Waals surface area contributed by atoms with Crippen LogP contribution in [0.25, 0.3) is 5.69 Å². The summed E-state index contributed by atoms with van der Waals surface area (Å²) in [7, 11) is 0. The van der Waals surface area contributed by atoms with E-state index in [4.69, 9.17) is 4.74 Å². The zero-order valence-corrected chi connectivity index (χ0v) is 19.0. The number of aliphatic imine (C=N–C) groups is 1. The molecule has 7 nitrogen and oxygen atoms in total. The van der Waals surface area contributed by atoms with Crippen molar-refractivity contribution in [1.29, 1.82) is 0 Å². The van der Waals surface area contributed by atoms with E-state index in [0.29, 0.717) is 12.5 Å². The third-order valence-electron chi connectivity index (χ3n) is 4.74. The minimum Gasteiger partial charge on any atom is -0.491 e. The summed E-state index contributed by atoms with van der Waals surface area (Å²) >= 11 is 0. The monoisotopic (exact) mass is 435 g/mol. The minimum atomic E-state index is -0.703. The molecule has 1 aromatic heterocycles. The molecule has 0 fully saturated rings. The molecule has 0 bridgehead atoms. The van der Waals surface area contributed by atoms with Gasteiger partial charge in [-0.15, -0.1) is 0 Å². The highest BCUT2D eigenvalue weighted by molar-refractivity contribution is 5.79. The molecular formula is C25H33N5O2. The first kappa shape index (κ1) is 23.3. The van der Waals surface area contributed by atoms with Crippen molar-refractivity contribution in [3.8, 4) is 11.4 Å². The van der Waals surface area contributed by atoms with Gasteiger partial charge in [-0.2, -0.15) is 5.10 Å². The highest BCUT2D eigenvalue weighted by Gasteiger charge is 2.10. The second-order valence-corrected chi connectivity index (χ2v) is 7.78. The van der Waals surface area contributed by atoms with Gasteiger partial charge in [-0.25, -0.2) is 4.68 Å². The van der Waals surface area contributed by atoms with Crippen LogP contribution in [0.2, 0.25) is 0 Å². The van der Waals surface area contributed by atoms with E-state index >= 15 is 0 Å². The van der Waals surface area contributed by atoms with Crippen LogP contribution in [0, 0.1) is 0 Å². The number of hydrogen-bond acceptors (Lipinski definition) is 4. The van der Waals surface area contributed by atoms with E-state index in [1.54, 1.807) is 0 Å². The SMILES string of the molecule is CCNC(=NCC(O)c1cccc(OC(C)C)c1)NCCc1cnn(-c2ccccc2)c1. The van der Waals surface area contributed by atoms with Crippen molar-refractivity contribution in [3.05, 3.63) is 78.1 Å². The second-order valence-electron chi connectivity index (χ2n) is 7.78. The molecule has 0 amide bonds. The zero-order chi connectivity index (χ0) is 22.8.